The second kappa shape index (κ2) is 4.75. The van der Waals surface area contributed by atoms with E-state index in [0.29, 0.717) is 0 Å². The Balaban J connectivity index is 3.44. The van der Waals surface area contributed by atoms with Gasteiger partial charge in [0.05, 0.1) is 17.2 Å². The number of alkyl halides is 2. The molecule has 0 spiro atoms. The zero-order valence-electron chi connectivity index (χ0n) is 7.15. The first kappa shape index (κ1) is 12.2. The SMILES string of the molecule is O=[N+]([O-])c1c(C(F)F)cnc(CO)c1I. The van der Waals surface area contributed by atoms with Gasteiger partial charge in [-0.15, -0.1) is 0 Å². The van der Waals surface area contributed by atoms with Crippen LogP contribution in [-0.4, -0.2) is 15.0 Å². The maximum absolute atomic E-state index is 12.4. The van der Waals surface area contributed by atoms with E-state index in [0.717, 1.165) is 6.20 Å². The van der Waals surface area contributed by atoms with Crippen molar-refractivity contribution in [1.29, 1.82) is 0 Å². The van der Waals surface area contributed by atoms with Crippen molar-refractivity contribution in [2.24, 2.45) is 0 Å². The van der Waals surface area contributed by atoms with Crippen molar-refractivity contribution in [3.63, 3.8) is 0 Å². The standard InChI is InChI=1S/C7H5F2IN2O3/c8-7(9)3-1-11-4(2-13)5(10)6(3)12(14)15/h1,7,13H,2H2. The van der Waals surface area contributed by atoms with Crippen molar-refractivity contribution < 1.29 is 18.8 Å². The summed E-state index contributed by atoms with van der Waals surface area (Å²) in [5, 5.41) is 19.3. The molecule has 0 saturated carbocycles. The summed E-state index contributed by atoms with van der Waals surface area (Å²) in [4.78, 5) is 13.2. The van der Waals surface area contributed by atoms with Gasteiger partial charge in [-0.25, -0.2) is 8.78 Å². The molecule has 82 valence electrons. The van der Waals surface area contributed by atoms with Crippen molar-refractivity contribution in [2.75, 3.05) is 0 Å². The lowest BCUT2D eigenvalue weighted by molar-refractivity contribution is -0.387. The van der Waals surface area contributed by atoms with Crippen LogP contribution in [0.1, 0.15) is 17.7 Å². The molecule has 0 atom stereocenters. The van der Waals surface area contributed by atoms with Crippen LogP contribution < -0.4 is 0 Å². The fourth-order valence-electron chi connectivity index (χ4n) is 0.984. The van der Waals surface area contributed by atoms with Crippen LogP contribution in [0.25, 0.3) is 0 Å². The van der Waals surface area contributed by atoms with Crippen LogP contribution >= 0.6 is 22.6 Å². The highest BCUT2D eigenvalue weighted by molar-refractivity contribution is 14.1. The van der Waals surface area contributed by atoms with Crippen LogP contribution in [0.15, 0.2) is 6.20 Å². The van der Waals surface area contributed by atoms with Gasteiger partial charge in [-0.05, 0) is 22.6 Å². The minimum Gasteiger partial charge on any atom is -0.390 e. The van der Waals surface area contributed by atoms with Crippen LogP contribution in [0.5, 0.6) is 0 Å². The lowest BCUT2D eigenvalue weighted by atomic mass is 10.2. The van der Waals surface area contributed by atoms with Gasteiger partial charge in [-0.3, -0.25) is 15.1 Å². The van der Waals surface area contributed by atoms with E-state index >= 15 is 0 Å². The van der Waals surface area contributed by atoms with E-state index in [1.54, 1.807) is 0 Å². The van der Waals surface area contributed by atoms with Crippen molar-refractivity contribution in [1.82, 2.24) is 4.98 Å². The van der Waals surface area contributed by atoms with Crippen LogP contribution in [0.2, 0.25) is 0 Å². The molecule has 1 aromatic rings. The number of nitrogens with zero attached hydrogens (tertiary/aromatic N) is 2. The summed E-state index contributed by atoms with van der Waals surface area (Å²) >= 11 is 1.52. The quantitative estimate of drug-likeness (QED) is 0.523. The summed E-state index contributed by atoms with van der Waals surface area (Å²) in [6.45, 7) is -0.525. The highest BCUT2D eigenvalue weighted by atomic mass is 127. The van der Waals surface area contributed by atoms with Gasteiger partial charge in [0.25, 0.3) is 12.1 Å². The van der Waals surface area contributed by atoms with E-state index in [2.05, 4.69) is 4.98 Å². The van der Waals surface area contributed by atoms with Gasteiger partial charge in [0.1, 0.15) is 9.13 Å². The predicted octanol–water partition coefficient (Wildman–Crippen LogP) is 2.02. The maximum atomic E-state index is 12.4. The van der Waals surface area contributed by atoms with Crippen LogP contribution in [0.4, 0.5) is 14.5 Å². The maximum Gasteiger partial charge on any atom is 0.295 e. The fourth-order valence-corrected chi connectivity index (χ4v) is 1.80. The van der Waals surface area contributed by atoms with Gasteiger partial charge in [0.15, 0.2) is 0 Å². The molecule has 0 aliphatic rings. The van der Waals surface area contributed by atoms with E-state index in [1.165, 1.54) is 22.6 Å². The molecule has 15 heavy (non-hydrogen) atoms. The first-order valence-corrected chi connectivity index (χ1v) is 4.77. The molecule has 1 aromatic heterocycles. The zero-order valence-corrected chi connectivity index (χ0v) is 9.31. The van der Waals surface area contributed by atoms with Crippen molar-refractivity contribution in [3.8, 4) is 0 Å². The molecule has 0 amide bonds. The first-order chi connectivity index (χ1) is 6.99. The van der Waals surface area contributed by atoms with Crippen molar-refractivity contribution in [3.05, 3.63) is 31.1 Å². The molecule has 0 aliphatic heterocycles. The number of aromatic nitrogens is 1. The Morgan fingerprint density at radius 1 is 1.67 bits per heavy atom. The summed E-state index contributed by atoms with van der Waals surface area (Å²) in [6, 6.07) is 0. The Labute approximate surface area is 96.4 Å². The van der Waals surface area contributed by atoms with Crippen molar-refractivity contribution >= 4 is 28.3 Å². The van der Waals surface area contributed by atoms with E-state index in [9.17, 15) is 18.9 Å². The van der Waals surface area contributed by atoms with Crippen LogP contribution in [0, 0.1) is 13.7 Å². The zero-order chi connectivity index (χ0) is 11.6. The minimum absolute atomic E-state index is 0.0201. The molecular formula is C7H5F2IN2O3. The molecule has 0 radical (unpaired) electrons. The number of rotatable bonds is 3. The Hall–Kier alpha value is -0.900. The number of aliphatic hydroxyl groups is 1. The van der Waals surface area contributed by atoms with Gasteiger partial charge in [-0.1, -0.05) is 0 Å². The highest BCUT2D eigenvalue weighted by Gasteiger charge is 2.27. The Bertz CT molecular complexity index is 400. The highest BCUT2D eigenvalue weighted by Crippen LogP contribution is 2.33. The normalized spacial score (nSPS) is 10.7. The average Bonchev–Trinajstić information content (AvgIpc) is 2.16. The number of halogens is 3. The lowest BCUT2D eigenvalue weighted by Gasteiger charge is -2.05. The molecule has 0 saturated heterocycles. The van der Waals surface area contributed by atoms with Crippen molar-refractivity contribution in [2.45, 2.75) is 13.0 Å². The van der Waals surface area contributed by atoms with Gasteiger partial charge in [-0.2, -0.15) is 0 Å². The Morgan fingerprint density at radius 2 is 2.27 bits per heavy atom. The number of aliphatic hydroxyl groups excluding tert-OH is 1. The number of hydrogen-bond acceptors (Lipinski definition) is 4. The van der Waals surface area contributed by atoms with E-state index in [1.807, 2.05) is 0 Å². The molecule has 0 unspecified atom stereocenters. The van der Waals surface area contributed by atoms with E-state index in [4.69, 9.17) is 5.11 Å². The molecule has 8 heteroatoms. The largest absolute Gasteiger partial charge is 0.390 e. The van der Waals surface area contributed by atoms with E-state index in [-0.39, 0.29) is 9.26 Å². The summed E-state index contributed by atoms with van der Waals surface area (Å²) in [5.74, 6) is 0. The van der Waals surface area contributed by atoms with Gasteiger partial charge in [0.2, 0.25) is 0 Å². The van der Waals surface area contributed by atoms with Crippen LogP contribution in [0.3, 0.4) is 0 Å². The average molecular weight is 330 g/mol. The predicted molar refractivity (Wildman–Crippen MR) is 54.5 cm³/mol. The van der Waals surface area contributed by atoms with Gasteiger partial charge in [0, 0.05) is 6.20 Å². The molecule has 1 heterocycles. The Morgan fingerprint density at radius 3 is 2.67 bits per heavy atom. The lowest BCUT2D eigenvalue weighted by Crippen LogP contribution is -2.04. The number of pyridine rings is 1. The first-order valence-electron chi connectivity index (χ1n) is 3.69. The molecule has 0 fully saturated rings. The molecule has 0 aliphatic carbocycles. The molecule has 0 aromatic carbocycles. The molecule has 5 nitrogen and oxygen atoms in total. The minimum atomic E-state index is -2.96. The van der Waals surface area contributed by atoms with Crippen LogP contribution in [-0.2, 0) is 6.61 Å². The summed E-state index contributed by atoms with van der Waals surface area (Å²) in [6.07, 6.45) is -2.24. The second-order valence-corrected chi connectivity index (χ2v) is 3.62. The fraction of sp³-hybridized carbons (Fsp3) is 0.286. The number of nitro groups is 1. The summed E-state index contributed by atoms with van der Waals surface area (Å²) in [5.41, 5.74) is -1.40. The number of hydrogen-bond donors (Lipinski definition) is 1. The third-order valence-electron chi connectivity index (χ3n) is 1.66. The summed E-state index contributed by atoms with van der Waals surface area (Å²) < 4.78 is 24.7. The van der Waals surface area contributed by atoms with Gasteiger partial charge >= 0.3 is 0 Å². The smallest absolute Gasteiger partial charge is 0.295 e. The third kappa shape index (κ3) is 2.37. The molecule has 0 bridgehead atoms. The molecular weight excluding hydrogens is 325 g/mol. The Kier molecular flexibility index (Phi) is 3.85. The monoisotopic (exact) mass is 330 g/mol. The molecule has 1 rings (SSSR count). The summed E-state index contributed by atoms with van der Waals surface area (Å²) in [7, 11) is 0. The topological polar surface area (TPSA) is 76.3 Å². The third-order valence-corrected chi connectivity index (χ3v) is 2.80. The van der Waals surface area contributed by atoms with E-state index < -0.39 is 29.2 Å². The van der Waals surface area contributed by atoms with Gasteiger partial charge < -0.3 is 5.11 Å². The molecule has 1 N–H and O–H groups in total. The second-order valence-electron chi connectivity index (χ2n) is 2.54.